The maximum Gasteiger partial charge on any atom is 0.290 e. The number of ether oxygens (including phenoxy) is 1. The Kier molecular flexibility index (Phi) is 5.66. The molecule has 3 aromatic carbocycles. The molecule has 0 fully saturated rings. The molecule has 0 saturated heterocycles. The normalized spacial score (nSPS) is 17.5. The Labute approximate surface area is 193 Å². The van der Waals surface area contributed by atoms with Crippen molar-refractivity contribution in [3.05, 3.63) is 130 Å². The van der Waals surface area contributed by atoms with Gasteiger partial charge in [-0.15, -0.1) is 0 Å². The van der Waals surface area contributed by atoms with Crippen molar-refractivity contribution in [1.82, 2.24) is 4.90 Å². The number of hydrogen-bond donors (Lipinski definition) is 0. The molecule has 0 spiro atoms. The summed E-state index contributed by atoms with van der Waals surface area (Å²) in [7, 11) is 0. The van der Waals surface area contributed by atoms with Crippen LogP contribution in [0.25, 0.3) is 0 Å². The van der Waals surface area contributed by atoms with Crippen LogP contribution in [0.15, 0.2) is 108 Å². The minimum atomic E-state index is -0.121. The lowest BCUT2D eigenvalue weighted by Crippen LogP contribution is -2.27. The maximum absolute atomic E-state index is 13.3. The molecule has 2 aliphatic rings. The summed E-state index contributed by atoms with van der Waals surface area (Å²) in [6.07, 6.45) is 2.13. The molecule has 0 radical (unpaired) electrons. The molecule has 3 aromatic rings. The van der Waals surface area contributed by atoms with Crippen LogP contribution >= 0.6 is 0 Å². The van der Waals surface area contributed by atoms with Gasteiger partial charge in [-0.25, -0.2) is 0 Å². The van der Waals surface area contributed by atoms with Crippen molar-refractivity contribution in [3.63, 3.8) is 0 Å². The fraction of sp³-hybridized carbons (Fsp3) is 0.172. The molecule has 164 valence electrons. The number of hydrogen-bond acceptors (Lipinski definition) is 3. The number of carbonyl (C=O) groups excluding carboxylic acids is 2. The number of aryl methyl sites for hydroxylation is 1. The van der Waals surface area contributed by atoms with E-state index in [4.69, 9.17) is 4.74 Å². The van der Waals surface area contributed by atoms with E-state index in [1.807, 2.05) is 65.6 Å². The van der Waals surface area contributed by atoms with E-state index >= 15 is 0 Å². The molecule has 0 aliphatic carbocycles. The van der Waals surface area contributed by atoms with Crippen molar-refractivity contribution < 1.29 is 14.3 Å². The Morgan fingerprint density at radius 3 is 2.42 bits per heavy atom. The molecule has 0 saturated carbocycles. The van der Waals surface area contributed by atoms with Crippen LogP contribution in [-0.2, 0) is 16.1 Å². The zero-order valence-corrected chi connectivity index (χ0v) is 18.5. The summed E-state index contributed by atoms with van der Waals surface area (Å²) in [5.41, 5.74) is 4.92. The average molecular weight is 436 g/mol. The Morgan fingerprint density at radius 2 is 1.70 bits per heavy atom. The fourth-order valence-corrected chi connectivity index (χ4v) is 4.50. The van der Waals surface area contributed by atoms with E-state index in [0.717, 1.165) is 22.3 Å². The second-order valence-electron chi connectivity index (χ2n) is 8.59. The van der Waals surface area contributed by atoms with Crippen LogP contribution in [0, 0.1) is 6.92 Å². The lowest BCUT2D eigenvalue weighted by atomic mass is 9.87. The van der Waals surface area contributed by atoms with E-state index in [0.29, 0.717) is 30.2 Å². The van der Waals surface area contributed by atoms with Gasteiger partial charge >= 0.3 is 0 Å². The summed E-state index contributed by atoms with van der Waals surface area (Å²) in [6.45, 7) is 3.09. The molecule has 0 aromatic heterocycles. The summed E-state index contributed by atoms with van der Waals surface area (Å²) in [4.78, 5) is 28.0. The fourth-order valence-electron chi connectivity index (χ4n) is 4.50. The Hall–Kier alpha value is -3.92. The third-order valence-corrected chi connectivity index (χ3v) is 6.14. The van der Waals surface area contributed by atoms with Crippen LogP contribution < -0.4 is 0 Å². The van der Waals surface area contributed by atoms with Gasteiger partial charge in [0, 0.05) is 30.1 Å². The summed E-state index contributed by atoms with van der Waals surface area (Å²) in [5.74, 6) is 0.654. The minimum Gasteiger partial charge on any atom is -0.456 e. The average Bonchev–Trinajstić information content (AvgIpc) is 3.15. The molecule has 2 heterocycles. The molecule has 4 nitrogen and oxygen atoms in total. The molecular formula is C29H25NO3. The highest BCUT2D eigenvalue weighted by molar-refractivity contribution is 5.98. The molecule has 1 atom stereocenters. The van der Waals surface area contributed by atoms with Gasteiger partial charge in [-0.1, -0.05) is 90.5 Å². The van der Waals surface area contributed by atoms with Gasteiger partial charge in [0.1, 0.15) is 5.76 Å². The second-order valence-corrected chi connectivity index (χ2v) is 8.59. The zero-order valence-electron chi connectivity index (χ0n) is 18.5. The largest absolute Gasteiger partial charge is 0.456 e. The number of ketones is 1. The lowest BCUT2D eigenvalue weighted by molar-refractivity contribution is -0.128. The number of rotatable bonds is 6. The first-order valence-electron chi connectivity index (χ1n) is 11.2. The molecule has 0 bridgehead atoms. The lowest BCUT2D eigenvalue weighted by Gasteiger charge is -2.23. The first-order chi connectivity index (χ1) is 16.1. The third-order valence-electron chi connectivity index (χ3n) is 6.14. The highest BCUT2D eigenvalue weighted by Gasteiger charge is 2.39. The number of benzene rings is 3. The van der Waals surface area contributed by atoms with E-state index in [9.17, 15) is 9.59 Å². The third kappa shape index (κ3) is 4.37. The van der Waals surface area contributed by atoms with Crippen LogP contribution in [0.3, 0.4) is 0 Å². The predicted octanol–water partition coefficient (Wildman–Crippen LogP) is 5.56. The van der Waals surface area contributed by atoms with Crippen molar-refractivity contribution >= 4 is 11.7 Å². The Bertz CT molecular complexity index is 1260. The van der Waals surface area contributed by atoms with E-state index < -0.39 is 0 Å². The van der Waals surface area contributed by atoms with Crippen LogP contribution in [0.2, 0.25) is 0 Å². The van der Waals surface area contributed by atoms with Gasteiger partial charge < -0.3 is 9.64 Å². The van der Waals surface area contributed by atoms with Crippen molar-refractivity contribution in [3.8, 4) is 0 Å². The van der Waals surface area contributed by atoms with Crippen LogP contribution in [0.1, 0.15) is 39.4 Å². The number of nitrogens with zero attached hydrogens (tertiary/aromatic N) is 1. The summed E-state index contributed by atoms with van der Waals surface area (Å²) < 4.78 is 6.09. The quantitative estimate of drug-likeness (QED) is 0.476. The highest BCUT2D eigenvalue weighted by atomic mass is 16.5. The molecule has 4 heteroatoms. The van der Waals surface area contributed by atoms with Gasteiger partial charge in [-0.2, -0.15) is 0 Å². The van der Waals surface area contributed by atoms with Crippen LogP contribution in [0.5, 0.6) is 0 Å². The maximum atomic E-state index is 13.3. The van der Waals surface area contributed by atoms with Crippen molar-refractivity contribution in [1.29, 1.82) is 0 Å². The van der Waals surface area contributed by atoms with E-state index in [-0.39, 0.29) is 24.0 Å². The van der Waals surface area contributed by atoms with E-state index in [1.54, 1.807) is 12.1 Å². The topological polar surface area (TPSA) is 46.6 Å². The van der Waals surface area contributed by atoms with Gasteiger partial charge in [-0.05, 0) is 24.1 Å². The molecule has 0 unspecified atom stereocenters. The van der Waals surface area contributed by atoms with Crippen LogP contribution in [-0.4, -0.2) is 23.1 Å². The molecule has 1 amide bonds. The van der Waals surface area contributed by atoms with Gasteiger partial charge in [-0.3, -0.25) is 9.59 Å². The minimum absolute atomic E-state index is 0.0273. The second kappa shape index (κ2) is 8.91. The van der Waals surface area contributed by atoms with Crippen molar-refractivity contribution in [2.75, 3.05) is 6.54 Å². The number of carbonyl (C=O) groups is 2. The van der Waals surface area contributed by atoms with Gasteiger partial charge in [0.15, 0.2) is 11.5 Å². The SMILES string of the molecule is Cc1cccc([C@H]2C=C(CC(=O)c3ccccc3)OC3=C2CN(Cc2ccccc2)C3=O)c1. The molecule has 0 N–H and O–H groups in total. The predicted molar refractivity (Wildman–Crippen MR) is 127 cm³/mol. The van der Waals surface area contributed by atoms with E-state index in [2.05, 4.69) is 25.1 Å². The highest BCUT2D eigenvalue weighted by Crippen LogP contribution is 2.40. The van der Waals surface area contributed by atoms with Gasteiger partial charge in [0.25, 0.3) is 5.91 Å². The first kappa shape index (κ1) is 21.0. The Morgan fingerprint density at radius 1 is 0.970 bits per heavy atom. The van der Waals surface area contributed by atoms with Gasteiger partial charge in [0.05, 0.1) is 6.42 Å². The number of Topliss-reactive ketones (excluding diaryl/α,β-unsaturated/α-hetero) is 1. The molecule has 33 heavy (non-hydrogen) atoms. The zero-order chi connectivity index (χ0) is 22.8. The number of allylic oxidation sites excluding steroid dienone is 2. The van der Waals surface area contributed by atoms with Crippen molar-refractivity contribution in [2.45, 2.75) is 25.8 Å². The van der Waals surface area contributed by atoms with Crippen LogP contribution in [0.4, 0.5) is 0 Å². The smallest absolute Gasteiger partial charge is 0.290 e. The number of amides is 1. The first-order valence-corrected chi connectivity index (χ1v) is 11.2. The molecular weight excluding hydrogens is 410 g/mol. The van der Waals surface area contributed by atoms with Crippen molar-refractivity contribution in [2.24, 2.45) is 0 Å². The standard InChI is InChI=1S/C29H25NO3/c1-20-9-8-14-23(15-20)25-16-24(17-27(31)22-12-6-3-7-13-22)33-28-26(25)19-30(29(28)32)18-21-10-4-2-5-11-21/h2-16,25H,17-19H2,1H3/t25-/m1/s1. The summed E-state index contributed by atoms with van der Waals surface area (Å²) >= 11 is 0. The summed E-state index contributed by atoms with van der Waals surface area (Å²) in [6, 6.07) is 27.4. The summed E-state index contributed by atoms with van der Waals surface area (Å²) in [5, 5.41) is 0. The monoisotopic (exact) mass is 435 g/mol. The Balaban J connectivity index is 1.45. The molecule has 5 rings (SSSR count). The van der Waals surface area contributed by atoms with E-state index in [1.165, 1.54) is 0 Å². The molecule has 2 aliphatic heterocycles. The van der Waals surface area contributed by atoms with Gasteiger partial charge in [0.2, 0.25) is 0 Å².